The molecular weight excluding hydrogens is 404 g/mol. The van der Waals surface area contributed by atoms with Crippen molar-refractivity contribution in [1.29, 1.82) is 0 Å². The van der Waals surface area contributed by atoms with E-state index in [-0.39, 0.29) is 0 Å². The highest BCUT2D eigenvalue weighted by Crippen LogP contribution is 2.15. The number of nitrogens with zero attached hydrogens (tertiary/aromatic N) is 4. The van der Waals surface area contributed by atoms with Gasteiger partial charge in [-0.3, -0.25) is 4.90 Å². The first kappa shape index (κ1) is 21.6. The number of nitrogens with one attached hydrogen (secondary N) is 2. The largest absolute Gasteiger partial charge is 0.357 e. The van der Waals surface area contributed by atoms with Gasteiger partial charge in [-0.05, 0) is 47.7 Å². The molecule has 0 aliphatic carbocycles. The van der Waals surface area contributed by atoms with Crippen molar-refractivity contribution in [1.82, 2.24) is 25.1 Å². The van der Waals surface area contributed by atoms with Crippen LogP contribution in [0.15, 0.2) is 64.5 Å². The van der Waals surface area contributed by atoms with Crippen LogP contribution in [0, 0.1) is 0 Å². The minimum atomic E-state index is 0.459. The van der Waals surface area contributed by atoms with Gasteiger partial charge in [0, 0.05) is 51.2 Å². The van der Waals surface area contributed by atoms with Gasteiger partial charge < -0.3 is 15.2 Å². The second-order valence-electron chi connectivity index (χ2n) is 7.98. The molecule has 0 bridgehead atoms. The van der Waals surface area contributed by atoms with Crippen LogP contribution in [0.2, 0.25) is 0 Å². The maximum atomic E-state index is 4.83. The number of imidazole rings is 1. The molecule has 0 spiro atoms. The fourth-order valence-electron chi connectivity index (χ4n) is 3.96. The molecule has 0 amide bonds. The Morgan fingerprint density at radius 3 is 2.71 bits per heavy atom. The van der Waals surface area contributed by atoms with Crippen molar-refractivity contribution >= 4 is 17.3 Å². The maximum absolute atomic E-state index is 4.83. The Hall–Kier alpha value is -2.64. The summed E-state index contributed by atoms with van der Waals surface area (Å²) in [4.78, 5) is 11.9. The van der Waals surface area contributed by atoms with Crippen LogP contribution < -0.4 is 10.6 Å². The molecule has 3 heterocycles. The van der Waals surface area contributed by atoms with Gasteiger partial charge in [0.2, 0.25) is 0 Å². The van der Waals surface area contributed by atoms with Gasteiger partial charge in [-0.15, -0.1) is 0 Å². The summed E-state index contributed by atoms with van der Waals surface area (Å²) in [6, 6.07) is 13.2. The van der Waals surface area contributed by atoms with Crippen LogP contribution in [0.5, 0.6) is 0 Å². The summed E-state index contributed by atoms with van der Waals surface area (Å²) in [6.07, 6.45) is 6.16. The number of benzene rings is 1. The average Bonchev–Trinajstić information content (AvgIpc) is 3.46. The van der Waals surface area contributed by atoms with Gasteiger partial charge in [0.15, 0.2) is 5.96 Å². The molecule has 1 aliphatic rings. The average molecular weight is 437 g/mol. The number of hydrogen-bond acceptors (Lipinski definition) is 4. The van der Waals surface area contributed by atoms with Crippen LogP contribution in [-0.2, 0) is 19.6 Å². The second kappa shape index (κ2) is 11.1. The smallest absolute Gasteiger partial charge is 0.191 e. The van der Waals surface area contributed by atoms with Gasteiger partial charge >= 0.3 is 0 Å². The Balaban J connectivity index is 1.30. The summed E-state index contributed by atoms with van der Waals surface area (Å²) < 4.78 is 2.17. The summed E-state index contributed by atoms with van der Waals surface area (Å²) in [5, 5.41) is 11.5. The highest BCUT2D eigenvalue weighted by molar-refractivity contribution is 7.07. The van der Waals surface area contributed by atoms with Crippen molar-refractivity contribution in [3.8, 4) is 0 Å². The number of likely N-dealkylation sites (tertiary alicyclic amines) is 1. The molecule has 2 aromatic heterocycles. The first-order valence-electron chi connectivity index (χ1n) is 11.1. The number of thiophene rings is 1. The first-order chi connectivity index (χ1) is 15.3. The normalized spacial score (nSPS) is 15.8. The van der Waals surface area contributed by atoms with E-state index < -0.39 is 0 Å². The molecule has 1 aliphatic heterocycles. The Bertz CT molecular complexity index is 926. The minimum absolute atomic E-state index is 0.459. The van der Waals surface area contributed by atoms with Gasteiger partial charge in [0.05, 0.1) is 0 Å². The molecule has 2 N–H and O–H groups in total. The number of rotatable bonds is 8. The summed E-state index contributed by atoms with van der Waals surface area (Å²) in [5.41, 5.74) is 2.70. The molecule has 0 saturated carbocycles. The molecular formula is C24H32N6S. The third-order valence-electron chi connectivity index (χ3n) is 5.63. The Kier molecular flexibility index (Phi) is 7.74. The fraction of sp³-hybridized carbons (Fsp3) is 0.417. The molecule has 0 unspecified atom stereocenters. The lowest BCUT2D eigenvalue weighted by Crippen LogP contribution is -2.48. The number of piperidine rings is 1. The molecule has 1 fully saturated rings. The zero-order valence-electron chi connectivity index (χ0n) is 18.2. The highest BCUT2D eigenvalue weighted by atomic mass is 32.1. The maximum Gasteiger partial charge on any atom is 0.191 e. The summed E-state index contributed by atoms with van der Waals surface area (Å²) in [7, 11) is 0. The van der Waals surface area contributed by atoms with Gasteiger partial charge in [0.25, 0.3) is 0 Å². The van der Waals surface area contributed by atoms with Gasteiger partial charge in [-0.1, -0.05) is 30.3 Å². The van der Waals surface area contributed by atoms with E-state index in [0.717, 1.165) is 57.3 Å². The van der Waals surface area contributed by atoms with Crippen molar-refractivity contribution in [2.75, 3.05) is 19.6 Å². The van der Waals surface area contributed by atoms with Gasteiger partial charge in [-0.2, -0.15) is 11.3 Å². The zero-order chi connectivity index (χ0) is 21.3. The lowest BCUT2D eigenvalue weighted by Gasteiger charge is -2.33. The van der Waals surface area contributed by atoms with Crippen LogP contribution in [0.4, 0.5) is 0 Å². The Labute approximate surface area is 189 Å². The third-order valence-corrected chi connectivity index (χ3v) is 6.37. The lowest BCUT2D eigenvalue weighted by atomic mass is 10.0. The van der Waals surface area contributed by atoms with Crippen molar-refractivity contribution in [2.45, 2.75) is 45.4 Å². The first-order valence-corrected chi connectivity index (χ1v) is 12.1. The molecule has 1 aromatic carbocycles. The Morgan fingerprint density at radius 1 is 1.13 bits per heavy atom. The number of hydrogen-bond donors (Lipinski definition) is 2. The SMILES string of the molecule is CCNC(=NCc1nccn1Cc1ccccc1)NC1CCN(Cc2ccsc2)CC1. The lowest BCUT2D eigenvalue weighted by molar-refractivity contribution is 0.198. The molecule has 7 heteroatoms. The topological polar surface area (TPSA) is 57.5 Å². The van der Waals surface area contributed by atoms with E-state index in [2.05, 4.69) is 73.1 Å². The van der Waals surface area contributed by atoms with E-state index in [1.807, 2.05) is 18.5 Å². The van der Waals surface area contributed by atoms with Crippen molar-refractivity contribution in [3.05, 3.63) is 76.5 Å². The zero-order valence-corrected chi connectivity index (χ0v) is 19.0. The van der Waals surface area contributed by atoms with E-state index in [4.69, 9.17) is 4.99 Å². The monoisotopic (exact) mass is 436 g/mol. The Morgan fingerprint density at radius 2 is 1.97 bits per heavy atom. The van der Waals surface area contributed by atoms with E-state index >= 15 is 0 Å². The van der Waals surface area contributed by atoms with E-state index in [1.54, 1.807) is 11.3 Å². The van der Waals surface area contributed by atoms with Crippen LogP contribution in [-0.4, -0.2) is 46.1 Å². The molecule has 0 radical (unpaired) electrons. The summed E-state index contributed by atoms with van der Waals surface area (Å²) in [6.45, 7) is 7.64. The van der Waals surface area contributed by atoms with Crippen LogP contribution in [0.25, 0.3) is 0 Å². The van der Waals surface area contributed by atoms with Crippen LogP contribution >= 0.6 is 11.3 Å². The minimum Gasteiger partial charge on any atom is -0.357 e. The molecule has 6 nitrogen and oxygen atoms in total. The standard InChI is InChI=1S/C24H32N6S/c1-2-25-24(28-22-8-12-29(13-9-22)17-21-10-15-31-19-21)27-16-23-26-11-14-30(23)18-20-6-4-3-5-7-20/h3-7,10-11,14-15,19,22H,2,8-9,12-13,16-18H2,1H3,(H2,25,27,28). The fourth-order valence-corrected chi connectivity index (χ4v) is 4.61. The molecule has 31 heavy (non-hydrogen) atoms. The van der Waals surface area contributed by atoms with Crippen LogP contribution in [0.3, 0.4) is 0 Å². The predicted octanol–water partition coefficient (Wildman–Crippen LogP) is 3.71. The molecule has 1 saturated heterocycles. The second-order valence-corrected chi connectivity index (χ2v) is 8.76. The number of aromatic nitrogens is 2. The summed E-state index contributed by atoms with van der Waals surface area (Å²) in [5.74, 6) is 1.86. The van der Waals surface area contributed by atoms with E-state index in [9.17, 15) is 0 Å². The van der Waals surface area contributed by atoms with Crippen molar-refractivity contribution < 1.29 is 0 Å². The molecule has 164 valence electrons. The van der Waals surface area contributed by atoms with Crippen molar-refractivity contribution in [3.63, 3.8) is 0 Å². The molecule has 0 atom stereocenters. The van der Waals surface area contributed by atoms with Gasteiger partial charge in [0.1, 0.15) is 12.4 Å². The summed E-state index contributed by atoms with van der Waals surface area (Å²) >= 11 is 1.78. The predicted molar refractivity (Wildman–Crippen MR) is 128 cm³/mol. The third kappa shape index (κ3) is 6.42. The van der Waals surface area contributed by atoms with E-state index in [0.29, 0.717) is 12.6 Å². The van der Waals surface area contributed by atoms with Crippen molar-refractivity contribution in [2.24, 2.45) is 4.99 Å². The highest BCUT2D eigenvalue weighted by Gasteiger charge is 2.20. The van der Waals surface area contributed by atoms with Crippen LogP contribution in [0.1, 0.15) is 36.7 Å². The van der Waals surface area contributed by atoms with E-state index in [1.165, 1.54) is 11.1 Å². The number of guanidine groups is 1. The molecule has 4 rings (SSSR count). The number of aliphatic imine (C=N–C) groups is 1. The van der Waals surface area contributed by atoms with Gasteiger partial charge in [-0.25, -0.2) is 9.98 Å². The molecule has 3 aromatic rings. The quantitative estimate of drug-likeness (QED) is 0.417.